The predicted molar refractivity (Wildman–Crippen MR) is 69.4 cm³/mol. The maximum atomic E-state index is 12.1. The summed E-state index contributed by atoms with van der Waals surface area (Å²) < 4.78 is 6.19. The molecule has 112 valence electrons. The number of nitrogens with zero attached hydrogens (tertiary/aromatic N) is 4. The van der Waals surface area contributed by atoms with E-state index in [-0.39, 0.29) is 19.0 Å². The fourth-order valence-electron chi connectivity index (χ4n) is 1.84. The van der Waals surface area contributed by atoms with E-state index >= 15 is 0 Å². The first kappa shape index (κ1) is 14.7. The van der Waals surface area contributed by atoms with Crippen molar-refractivity contribution in [3.63, 3.8) is 0 Å². The predicted octanol–water partition coefficient (Wildman–Crippen LogP) is 0.152. The molecule has 0 aliphatic heterocycles. The Morgan fingerprint density at radius 2 is 2.24 bits per heavy atom. The van der Waals surface area contributed by atoms with E-state index in [4.69, 9.17) is 9.63 Å². The van der Waals surface area contributed by atoms with Gasteiger partial charge in [-0.15, -0.1) is 5.10 Å². The van der Waals surface area contributed by atoms with Crippen molar-refractivity contribution in [2.24, 2.45) is 0 Å². The number of hydrogen-bond acceptors (Lipinski definition) is 6. The molecule has 21 heavy (non-hydrogen) atoms. The summed E-state index contributed by atoms with van der Waals surface area (Å²) >= 11 is 0. The van der Waals surface area contributed by atoms with Gasteiger partial charge in [0.05, 0.1) is 18.4 Å². The van der Waals surface area contributed by atoms with Crippen molar-refractivity contribution in [3.05, 3.63) is 28.9 Å². The van der Waals surface area contributed by atoms with Gasteiger partial charge in [0.15, 0.2) is 0 Å². The number of rotatable bonds is 6. The van der Waals surface area contributed by atoms with E-state index in [9.17, 15) is 9.59 Å². The smallest absolute Gasteiger partial charge is 0.325 e. The van der Waals surface area contributed by atoms with E-state index in [1.165, 1.54) is 10.9 Å². The Morgan fingerprint density at radius 1 is 1.48 bits per heavy atom. The molecular weight excluding hydrogens is 278 g/mol. The number of carboxylic acids is 1. The van der Waals surface area contributed by atoms with Crippen molar-refractivity contribution in [1.29, 1.82) is 0 Å². The Balaban J connectivity index is 1.99. The molecule has 0 bridgehead atoms. The second-order valence-corrected chi connectivity index (χ2v) is 4.40. The van der Waals surface area contributed by atoms with Crippen LogP contribution in [-0.2, 0) is 24.3 Å². The van der Waals surface area contributed by atoms with Gasteiger partial charge in [0.1, 0.15) is 23.6 Å². The summed E-state index contributed by atoms with van der Waals surface area (Å²) in [5.74, 6) is -0.861. The zero-order chi connectivity index (χ0) is 15.4. The number of aliphatic carboxylic acids is 1. The van der Waals surface area contributed by atoms with E-state index in [0.29, 0.717) is 29.1 Å². The summed E-state index contributed by atoms with van der Waals surface area (Å²) in [6, 6.07) is 0. The molecule has 1 amide bonds. The molecule has 2 rings (SSSR count). The van der Waals surface area contributed by atoms with Gasteiger partial charge in [-0.2, -0.15) is 0 Å². The molecular formula is C12H15N5O4. The molecule has 2 heterocycles. The van der Waals surface area contributed by atoms with Crippen LogP contribution in [0.25, 0.3) is 0 Å². The molecule has 0 atom stereocenters. The van der Waals surface area contributed by atoms with Crippen LogP contribution in [-0.4, -0.2) is 37.1 Å². The molecule has 0 fully saturated rings. The third-order valence-electron chi connectivity index (χ3n) is 2.81. The van der Waals surface area contributed by atoms with Gasteiger partial charge in [-0.1, -0.05) is 17.3 Å². The van der Waals surface area contributed by atoms with E-state index < -0.39 is 5.97 Å². The van der Waals surface area contributed by atoms with Crippen LogP contribution in [0.3, 0.4) is 0 Å². The average molecular weight is 293 g/mol. The molecule has 0 saturated carbocycles. The Morgan fingerprint density at radius 3 is 2.90 bits per heavy atom. The molecule has 0 radical (unpaired) electrons. The van der Waals surface area contributed by atoms with Gasteiger partial charge in [-0.3, -0.25) is 9.59 Å². The molecule has 0 aliphatic carbocycles. The minimum absolute atomic E-state index is 0.145. The number of nitrogens with one attached hydrogen (secondary N) is 1. The summed E-state index contributed by atoms with van der Waals surface area (Å²) in [5, 5.41) is 22.6. The highest BCUT2D eigenvalue weighted by Crippen LogP contribution is 2.13. The number of carboxylic acid groups (broad SMARTS) is 1. The quantitative estimate of drug-likeness (QED) is 0.777. The van der Waals surface area contributed by atoms with Crippen LogP contribution in [0.1, 0.15) is 34.4 Å². The molecule has 2 aromatic heterocycles. The van der Waals surface area contributed by atoms with Crippen LogP contribution >= 0.6 is 0 Å². The minimum Gasteiger partial charge on any atom is -0.480 e. The lowest BCUT2D eigenvalue weighted by Gasteiger charge is -2.02. The highest BCUT2D eigenvalue weighted by atomic mass is 16.5. The number of carbonyl (C=O) groups excluding carboxylic acids is 1. The van der Waals surface area contributed by atoms with E-state index in [1.807, 2.05) is 6.92 Å². The molecule has 0 saturated heterocycles. The molecule has 0 aromatic carbocycles. The molecule has 0 spiro atoms. The Kier molecular flexibility index (Phi) is 4.31. The first-order valence-corrected chi connectivity index (χ1v) is 6.35. The molecule has 9 nitrogen and oxygen atoms in total. The maximum absolute atomic E-state index is 12.1. The molecule has 2 aromatic rings. The van der Waals surface area contributed by atoms with Crippen LogP contribution in [0.5, 0.6) is 0 Å². The average Bonchev–Trinajstić information content (AvgIpc) is 3.02. The number of carbonyl (C=O) groups is 2. The summed E-state index contributed by atoms with van der Waals surface area (Å²) in [7, 11) is 0. The normalized spacial score (nSPS) is 10.6. The first-order chi connectivity index (χ1) is 10.0. The van der Waals surface area contributed by atoms with Crippen molar-refractivity contribution in [2.45, 2.75) is 33.4 Å². The first-order valence-electron chi connectivity index (χ1n) is 6.35. The van der Waals surface area contributed by atoms with Crippen molar-refractivity contribution in [1.82, 2.24) is 25.5 Å². The lowest BCUT2D eigenvalue weighted by atomic mass is 10.1. The highest BCUT2D eigenvalue weighted by Gasteiger charge is 2.19. The van der Waals surface area contributed by atoms with E-state index in [0.717, 1.165) is 0 Å². The monoisotopic (exact) mass is 293 g/mol. The number of aryl methyl sites for hydroxylation is 2. The second-order valence-electron chi connectivity index (χ2n) is 4.40. The number of hydrogen-bond donors (Lipinski definition) is 2. The fraction of sp³-hybridized carbons (Fsp3) is 0.417. The molecule has 9 heteroatoms. The second kappa shape index (κ2) is 6.16. The summed E-state index contributed by atoms with van der Waals surface area (Å²) in [6.07, 6.45) is 2.06. The van der Waals surface area contributed by atoms with Crippen molar-refractivity contribution < 1.29 is 19.2 Å². The highest BCUT2D eigenvalue weighted by molar-refractivity contribution is 5.96. The zero-order valence-corrected chi connectivity index (χ0v) is 11.7. The summed E-state index contributed by atoms with van der Waals surface area (Å²) in [4.78, 5) is 22.6. The zero-order valence-electron chi connectivity index (χ0n) is 11.7. The fourth-order valence-corrected chi connectivity index (χ4v) is 1.84. The Bertz CT molecular complexity index is 660. The lowest BCUT2D eigenvalue weighted by molar-refractivity contribution is -0.137. The summed E-state index contributed by atoms with van der Waals surface area (Å²) in [5.41, 5.74) is 1.49. The van der Waals surface area contributed by atoms with Gasteiger partial charge in [-0.25, -0.2) is 4.68 Å². The lowest BCUT2D eigenvalue weighted by Crippen LogP contribution is -2.24. The topological polar surface area (TPSA) is 123 Å². The van der Waals surface area contributed by atoms with Gasteiger partial charge < -0.3 is 14.9 Å². The number of amides is 1. The number of aromatic nitrogens is 4. The van der Waals surface area contributed by atoms with Crippen molar-refractivity contribution >= 4 is 11.9 Å². The van der Waals surface area contributed by atoms with E-state index in [2.05, 4.69) is 20.8 Å². The molecule has 0 aliphatic rings. The van der Waals surface area contributed by atoms with Crippen LogP contribution < -0.4 is 5.32 Å². The molecule has 0 unspecified atom stereocenters. The Labute approximate surface area is 119 Å². The maximum Gasteiger partial charge on any atom is 0.325 e. The Hall–Kier alpha value is -2.71. The van der Waals surface area contributed by atoms with Crippen molar-refractivity contribution in [2.75, 3.05) is 0 Å². The third-order valence-corrected chi connectivity index (χ3v) is 2.81. The van der Waals surface area contributed by atoms with Crippen LogP contribution in [0.15, 0.2) is 10.7 Å². The van der Waals surface area contributed by atoms with Crippen LogP contribution in [0.4, 0.5) is 0 Å². The standard InChI is InChI=1S/C12H15N5O4/c1-3-9-11(7(2)21-15-9)12(20)13-4-8-5-17(16-14-8)6-10(18)19/h5H,3-4,6H2,1-2H3,(H,13,20)(H,18,19). The largest absolute Gasteiger partial charge is 0.480 e. The van der Waals surface area contributed by atoms with Gasteiger partial charge in [0.25, 0.3) is 5.91 Å². The molecule has 2 N–H and O–H groups in total. The van der Waals surface area contributed by atoms with Crippen LogP contribution in [0.2, 0.25) is 0 Å². The third kappa shape index (κ3) is 3.44. The van der Waals surface area contributed by atoms with Gasteiger partial charge in [-0.05, 0) is 13.3 Å². The minimum atomic E-state index is -1.01. The van der Waals surface area contributed by atoms with Gasteiger partial charge in [0.2, 0.25) is 0 Å². The van der Waals surface area contributed by atoms with Crippen LogP contribution in [0, 0.1) is 6.92 Å². The van der Waals surface area contributed by atoms with E-state index in [1.54, 1.807) is 6.92 Å². The summed E-state index contributed by atoms with van der Waals surface area (Å²) in [6.45, 7) is 3.42. The van der Waals surface area contributed by atoms with Gasteiger partial charge >= 0.3 is 5.97 Å². The SMILES string of the molecule is CCc1noc(C)c1C(=O)NCc1cn(CC(=O)O)nn1. The van der Waals surface area contributed by atoms with Gasteiger partial charge in [0, 0.05) is 0 Å². The van der Waals surface area contributed by atoms with Crippen molar-refractivity contribution in [3.8, 4) is 0 Å².